The first-order valence-electron chi connectivity index (χ1n) is 7.47. The normalized spacial score (nSPS) is 17.6. The van der Waals surface area contributed by atoms with Crippen molar-refractivity contribution in [3.05, 3.63) is 0 Å². The van der Waals surface area contributed by atoms with E-state index in [0.717, 1.165) is 32.4 Å². The topological polar surface area (TPSA) is 53.6 Å². The first kappa shape index (κ1) is 16.4. The van der Waals surface area contributed by atoms with E-state index in [4.69, 9.17) is 4.74 Å². The minimum absolute atomic E-state index is 0.0899. The molecule has 1 aliphatic rings. The summed E-state index contributed by atoms with van der Waals surface area (Å²) >= 11 is 0. The lowest BCUT2D eigenvalue weighted by molar-refractivity contribution is -0.120. The van der Waals surface area contributed by atoms with Gasteiger partial charge in [-0.2, -0.15) is 0 Å². The van der Waals surface area contributed by atoms with E-state index in [9.17, 15) is 4.79 Å². The maximum absolute atomic E-state index is 11.6. The van der Waals surface area contributed by atoms with Crippen LogP contribution in [0.4, 0.5) is 0 Å². The molecule has 0 spiro atoms. The zero-order valence-corrected chi connectivity index (χ0v) is 12.4. The average molecular weight is 271 g/mol. The van der Waals surface area contributed by atoms with Crippen LogP contribution in [-0.4, -0.2) is 63.3 Å². The lowest BCUT2D eigenvalue weighted by Gasteiger charge is -2.32. The number of nitrogens with zero attached hydrogens (tertiary/aromatic N) is 1. The summed E-state index contributed by atoms with van der Waals surface area (Å²) in [7, 11) is 1.67. The third-order valence-corrected chi connectivity index (χ3v) is 3.53. The van der Waals surface area contributed by atoms with Gasteiger partial charge in [0.1, 0.15) is 0 Å². The number of carbonyl (C=O) groups excluding carboxylic acids is 1. The van der Waals surface area contributed by atoms with Crippen molar-refractivity contribution in [1.29, 1.82) is 0 Å². The van der Waals surface area contributed by atoms with Crippen molar-refractivity contribution in [1.82, 2.24) is 15.5 Å². The summed E-state index contributed by atoms with van der Waals surface area (Å²) in [6.45, 7) is 7.56. The summed E-state index contributed by atoms with van der Waals surface area (Å²) in [6.07, 6.45) is 4.40. The molecule has 0 unspecified atom stereocenters. The zero-order chi connectivity index (χ0) is 13.9. The van der Waals surface area contributed by atoms with Gasteiger partial charge in [0, 0.05) is 26.3 Å². The van der Waals surface area contributed by atoms with Gasteiger partial charge in [-0.3, -0.25) is 4.79 Å². The highest BCUT2D eigenvalue weighted by Crippen LogP contribution is 2.10. The molecule has 112 valence electrons. The number of hydrogen-bond acceptors (Lipinski definition) is 4. The van der Waals surface area contributed by atoms with Gasteiger partial charge in [-0.1, -0.05) is 6.92 Å². The van der Waals surface area contributed by atoms with Crippen molar-refractivity contribution in [2.24, 2.45) is 0 Å². The highest BCUT2D eigenvalue weighted by molar-refractivity contribution is 5.77. The lowest BCUT2D eigenvalue weighted by Crippen LogP contribution is -2.45. The Bertz CT molecular complexity index is 241. The van der Waals surface area contributed by atoms with Crippen LogP contribution in [0.1, 0.15) is 32.6 Å². The third-order valence-electron chi connectivity index (χ3n) is 3.53. The van der Waals surface area contributed by atoms with Crippen LogP contribution in [-0.2, 0) is 9.53 Å². The van der Waals surface area contributed by atoms with Crippen molar-refractivity contribution in [3.8, 4) is 0 Å². The highest BCUT2D eigenvalue weighted by atomic mass is 16.5. The Balaban J connectivity index is 2.02. The Morgan fingerprint density at radius 1 is 1.37 bits per heavy atom. The number of nitrogens with one attached hydrogen (secondary N) is 2. The van der Waals surface area contributed by atoms with Crippen molar-refractivity contribution in [2.75, 3.05) is 46.4 Å². The van der Waals surface area contributed by atoms with Crippen molar-refractivity contribution in [2.45, 2.75) is 38.6 Å². The standard InChI is InChI=1S/C14H29N3O2/c1-3-8-17-9-5-13(6-10-17)16-12-14(18)15-7-4-11-19-2/h13,16H,3-12H2,1-2H3,(H,15,18). The van der Waals surface area contributed by atoms with E-state index in [1.807, 2.05) is 0 Å². The van der Waals surface area contributed by atoms with E-state index >= 15 is 0 Å². The Kier molecular flexibility index (Phi) is 8.79. The van der Waals surface area contributed by atoms with Crippen LogP contribution >= 0.6 is 0 Å². The number of ether oxygens (including phenoxy) is 1. The Labute approximate surface area is 117 Å². The monoisotopic (exact) mass is 271 g/mol. The average Bonchev–Trinajstić information content (AvgIpc) is 2.43. The Hall–Kier alpha value is -0.650. The predicted octanol–water partition coefficient (Wildman–Crippen LogP) is 0.603. The fraction of sp³-hybridized carbons (Fsp3) is 0.929. The number of likely N-dealkylation sites (tertiary alicyclic amines) is 1. The minimum atomic E-state index is 0.0899. The second kappa shape index (κ2) is 10.2. The van der Waals surface area contributed by atoms with Crippen molar-refractivity contribution in [3.63, 3.8) is 0 Å². The molecule has 0 atom stereocenters. The van der Waals surface area contributed by atoms with Gasteiger partial charge in [0.15, 0.2) is 0 Å². The first-order chi connectivity index (χ1) is 9.26. The molecule has 0 aromatic heterocycles. The van der Waals surface area contributed by atoms with E-state index < -0.39 is 0 Å². The van der Waals surface area contributed by atoms with Crippen molar-refractivity contribution >= 4 is 5.91 Å². The smallest absolute Gasteiger partial charge is 0.233 e. The van der Waals surface area contributed by atoms with E-state index in [-0.39, 0.29) is 5.91 Å². The van der Waals surface area contributed by atoms with Crippen LogP contribution in [0, 0.1) is 0 Å². The molecule has 0 aliphatic carbocycles. The summed E-state index contributed by atoms with van der Waals surface area (Å²) < 4.78 is 4.94. The van der Waals surface area contributed by atoms with Gasteiger partial charge in [-0.15, -0.1) is 0 Å². The molecule has 0 bridgehead atoms. The number of rotatable bonds is 9. The molecule has 1 saturated heterocycles. The Morgan fingerprint density at radius 3 is 2.74 bits per heavy atom. The van der Waals surface area contributed by atoms with Gasteiger partial charge in [-0.25, -0.2) is 0 Å². The van der Waals surface area contributed by atoms with Crippen LogP contribution < -0.4 is 10.6 Å². The molecular weight excluding hydrogens is 242 g/mol. The molecule has 0 radical (unpaired) electrons. The van der Waals surface area contributed by atoms with Crippen molar-refractivity contribution < 1.29 is 9.53 Å². The predicted molar refractivity (Wildman–Crippen MR) is 77.3 cm³/mol. The summed E-state index contributed by atoms with van der Waals surface area (Å²) in [5.74, 6) is 0.0899. The fourth-order valence-electron chi connectivity index (χ4n) is 2.42. The SMILES string of the molecule is CCCN1CCC(NCC(=O)NCCCOC)CC1. The lowest BCUT2D eigenvalue weighted by atomic mass is 10.0. The van der Waals surface area contributed by atoms with E-state index in [2.05, 4.69) is 22.5 Å². The third kappa shape index (κ3) is 7.50. The van der Waals surface area contributed by atoms with Crippen LogP contribution in [0.25, 0.3) is 0 Å². The molecule has 0 aromatic rings. The molecule has 1 fully saturated rings. The summed E-state index contributed by atoms with van der Waals surface area (Å²) in [6, 6.07) is 0.498. The van der Waals surface area contributed by atoms with Gasteiger partial charge in [0.05, 0.1) is 6.54 Å². The van der Waals surface area contributed by atoms with Gasteiger partial charge in [-0.05, 0) is 45.3 Å². The number of carbonyl (C=O) groups is 1. The highest BCUT2D eigenvalue weighted by Gasteiger charge is 2.18. The molecule has 1 amide bonds. The molecule has 1 rings (SSSR count). The van der Waals surface area contributed by atoms with Crippen LogP contribution in [0.5, 0.6) is 0 Å². The zero-order valence-electron chi connectivity index (χ0n) is 12.4. The first-order valence-corrected chi connectivity index (χ1v) is 7.47. The molecule has 0 aromatic carbocycles. The number of methoxy groups -OCH3 is 1. The van der Waals surface area contributed by atoms with E-state index in [1.54, 1.807) is 7.11 Å². The summed E-state index contributed by atoms with van der Waals surface area (Å²) in [4.78, 5) is 14.1. The van der Waals surface area contributed by atoms with E-state index in [1.165, 1.54) is 13.0 Å². The Morgan fingerprint density at radius 2 is 2.11 bits per heavy atom. The summed E-state index contributed by atoms with van der Waals surface area (Å²) in [5.41, 5.74) is 0. The number of amides is 1. The molecule has 5 nitrogen and oxygen atoms in total. The molecule has 1 heterocycles. The molecule has 1 aliphatic heterocycles. The quantitative estimate of drug-likeness (QED) is 0.603. The second-order valence-electron chi connectivity index (χ2n) is 5.19. The van der Waals surface area contributed by atoms with Gasteiger partial charge in [0.2, 0.25) is 5.91 Å². The largest absolute Gasteiger partial charge is 0.385 e. The molecule has 2 N–H and O–H groups in total. The maximum Gasteiger partial charge on any atom is 0.233 e. The maximum atomic E-state index is 11.6. The minimum Gasteiger partial charge on any atom is -0.385 e. The van der Waals surface area contributed by atoms with Gasteiger partial charge >= 0.3 is 0 Å². The number of hydrogen-bond donors (Lipinski definition) is 2. The molecule has 19 heavy (non-hydrogen) atoms. The van der Waals surface area contributed by atoms with Crippen LogP contribution in [0.2, 0.25) is 0 Å². The molecular formula is C14H29N3O2. The second-order valence-corrected chi connectivity index (χ2v) is 5.19. The van der Waals surface area contributed by atoms with Gasteiger partial charge < -0.3 is 20.3 Å². The van der Waals surface area contributed by atoms with E-state index in [0.29, 0.717) is 25.7 Å². The van der Waals surface area contributed by atoms with Crippen LogP contribution in [0.15, 0.2) is 0 Å². The number of piperidine rings is 1. The fourth-order valence-corrected chi connectivity index (χ4v) is 2.42. The van der Waals surface area contributed by atoms with Crippen LogP contribution in [0.3, 0.4) is 0 Å². The van der Waals surface area contributed by atoms with Gasteiger partial charge in [0.25, 0.3) is 0 Å². The molecule has 5 heteroatoms. The molecule has 0 saturated carbocycles. The summed E-state index contributed by atoms with van der Waals surface area (Å²) in [5, 5.41) is 6.25.